The number of carbonyl (C=O) groups is 2. The van der Waals surface area contributed by atoms with Crippen LogP contribution in [0.5, 0.6) is 0 Å². The Labute approximate surface area is 142 Å². The van der Waals surface area contributed by atoms with E-state index in [0.29, 0.717) is 24.9 Å². The fraction of sp³-hybridized carbons (Fsp3) is 0.529. The summed E-state index contributed by atoms with van der Waals surface area (Å²) in [5.41, 5.74) is 2.27. The fourth-order valence-corrected chi connectivity index (χ4v) is 4.09. The van der Waals surface area contributed by atoms with Crippen molar-refractivity contribution in [3.8, 4) is 0 Å². The zero-order chi connectivity index (χ0) is 15.1. The van der Waals surface area contributed by atoms with Gasteiger partial charge in [-0.1, -0.05) is 12.1 Å². The van der Waals surface area contributed by atoms with Crippen LogP contribution in [0.4, 0.5) is 5.69 Å². The lowest BCUT2D eigenvalue weighted by Crippen LogP contribution is -2.52. The molecule has 2 bridgehead atoms. The minimum absolute atomic E-state index is 0. The Morgan fingerprint density at radius 2 is 1.61 bits per heavy atom. The second-order valence-corrected chi connectivity index (χ2v) is 6.55. The third kappa shape index (κ3) is 2.95. The number of hydrogen-bond donors (Lipinski definition) is 2. The van der Waals surface area contributed by atoms with Crippen LogP contribution in [0.3, 0.4) is 0 Å². The van der Waals surface area contributed by atoms with Crippen molar-refractivity contribution in [2.75, 3.05) is 18.0 Å². The standard InChI is InChI=1S/C17H21N3O2.ClH/c21-16-8-7-15(17(22)19-16)11-1-3-12(4-2-11)20-13-5-6-14(20)10-18-9-13;/h1-4,13-15,18H,5-10H2,(H,19,21,22);1H. The Morgan fingerprint density at radius 1 is 0.957 bits per heavy atom. The number of anilines is 1. The van der Waals surface area contributed by atoms with Crippen LogP contribution in [0.2, 0.25) is 0 Å². The second-order valence-electron chi connectivity index (χ2n) is 6.55. The molecule has 6 heteroatoms. The van der Waals surface area contributed by atoms with Gasteiger partial charge in [0.15, 0.2) is 0 Å². The number of piperidine rings is 1. The molecule has 4 rings (SSSR count). The maximum absolute atomic E-state index is 12.0. The molecule has 1 aromatic rings. The average Bonchev–Trinajstić information content (AvgIpc) is 2.77. The summed E-state index contributed by atoms with van der Waals surface area (Å²) in [5, 5.41) is 5.93. The quantitative estimate of drug-likeness (QED) is 0.805. The zero-order valence-electron chi connectivity index (χ0n) is 13.0. The largest absolute Gasteiger partial charge is 0.363 e. The molecule has 2 N–H and O–H groups in total. The molecule has 0 radical (unpaired) electrons. The van der Waals surface area contributed by atoms with Crippen molar-refractivity contribution in [1.29, 1.82) is 0 Å². The number of benzene rings is 1. The average molecular weight is 336 g/mol. The van der Waals surface area contributed by atoms with E-state index in [0.717, 1.165) is 18.7 Å². The van der Waals surface area contributed by atoms with Crippen LogP contribution in [-0.2, 0) is 9.59 Å². The highest BCUT2D eigenvalue weighted by Crippen LogP contribution is 2.34. The third-order valence-electron chi connectivity index (χ3n) is 5.21. The molecular formula is C17H22ClN3O2. The van der Waals surface area contributed by atoms with Gasteiger partial charge in [-0.05, 0) is 37.0 Å². The first-order valence-corrected chi connectivity index (χ1v) is 8.15. The maximum Gasteiger partial charge on any atom is 0.234 e. The molecule has 1 aromatic carbocycles. The van der Waals surface area contributed by atoms with Crippen LogP contribution in [0, 0.1) is 0 Å². The van der Waals surface area contributed by atoms with Gasteiger partial charge in [0.25, 0.3) is 0 Å². The summed E-state index contributed by atoms with van der Waals surface area (Å²) in [5.74, 6) is -0.506. The molecule has 3 heterocycles. The molecule has 3 aliphatic heterocycles. The van der Waals surface area contributed by atoms with E-state index in [4.69, 9.17) is 0 Å². The van der Waals surface area contributed by atoms with E-state index < -0.39 is 0 Å². The van der Waals surface area contributed by atoms with Crippen LogP contribution in [0.1, 0.15) is 37.2 Å². The van der Waals surface area contributed by atoms with Crippen LogP contribution >= 0.6 is 12.4 Å². The van der Waals surface area contributed by atoms with Crippen molar-refractivity contribution in [3.05, 3.63) is 29.8 Å². The van der Waals surface area contributed by atoms with Crippen molar-refractivity contribution in [2.24, 2.45) is 0 Å². The molecule has 2 amide bonds. The van der Waals surface area contributed by atoms with Crippen LogP contribution in [0.15, 0.2) is 24.3 Å². The number of halogens is 1. The summed E-state index contributed by atoms with van der Waals surface area (Å²) in [4.78, 5) is 25.7. The summed E-state index contributed by atoms with van der Waals surface area (Å²) in [6.45, 7) is 2.12. The van der Waals surface area contributed by atoms with Crippen LogP contribution < -0.4 is 15.5 Å². The number of hydrogen-bond acceptors (Lipinski definition) is 4. The van der Waals surface area contributed by atoms with Gasteiger partial charge < -0.3 is 10.2 Å². The first kappa shape index (κ1) is 16.3. The SMILES string of the molecule is Cl.O=C1CCC(c2ccc(N3C4CCC3CNC4)cc2)C(=O)N1. The topological polar surface area (TPSA) is 61.4 Å². The van der Waals surface area contributed by atoms with Gasteiger partial charge in [-0.15, -0.1) is 12.4 Å². The number of rotatable bonds is 2. The van der Waals surface area contributed by atoms with Gasteiger partial charge in [0.2, 0.25) is 11.8 Å². The fourth-order valence-electron chi connectivity index (χ4n) is 4.09. The molecule has 0 spiro atoms. The van der Waals surface area contributed by atoms with E-state index in [9.17, 15) is 9.59 Å². The second kappa shape index (κ2) is 6.49. The highest BCUT2D eigenvalue weighted by atomic mass is 35.5. The molecule has 3 atom stereocenters. The van der Waals surface area contributed by atoms with Gasteiger partial charge >= 0.3 is 0 Å². The van der Waals surface area contributed by atoms with Gasteiger partial charge in [-0.3, -0.25) is 14.9 Å². The van der Waals surface area contributed by atoms with E-state index in [-0.39, 0.29) is 30.1 Å². The zero-order valence-corrected chi connectivity index (χ0v) is 13.8. The van der Waals surface area contributed by atoms with E-state index in [1.54, 1.807) is 0 Å². The van der Waals surface area contributed by atoms with Crippen molar-refractivity contribution >= 4 is 29.9 Å². The number of nitrogens with one attached hydrogen (secondary N) is 2. The maximum atomic E-state index is 12.0. The molecule has 5 nitrogen and oxygen atoms in total. The van der Waals surface area contributed by atoms with E-state index in [2.05, 4.69) is 39.8 Å². The van der Waals surface area contributed by atoms with Crippen LogP contribution in [0.25, 0.3) is 0 Å². The first-order valence-electron chi connectivity index (χ1n) is 8.15. The van der Waals surface area contributed by atoms with E-state index in [1.165, 1.54) is 18.5 Å². The molecule has 3 unspecified atom stereocenters. The lowest BCUT2D eigenvalue weighted by molar-refractivity contribution is -0.134. The number of nitrogens with zero attached hydrogens (tertiary/aromatic N) is 1. The molecule has 3 fully saturated rings. The summed E-state index contributed by atoms with van der Waals surface area (Å²) in [7, 11) is 0. The number of imide groups is 1. The Morgan fingerprint density at radius 3 is 2.22 bits per heavy atom. The van der Waals surface area contributed by atoms with Crippen LogP contribution in [-0.4, -0.2) is 37.0 Å². The summed E-state index contributed by atoms with van der Waals surface area (Å²) < 4.78 is 0. The minimum atomic E-state index is -0.188. The summed E-state index contributed by atoms with van der Waals surface area (Å²) in [6.07, 6.45) is 3.56. The van der Waals surface area contributed by atoms with Crippen molar-refractivity contribution < 1.29 is 9.59 Å². The Hall–Kier alpha value is -1.59. The lowest BCUT2D eigenvalue weighted by atomic mass is 9.90. The van der Waals surface area contributed by atoms with Crippen molar-refractivity contribution in [2.45, 2.75) is 43.7 Å². The number of carbonyl (C=O) groups excluding carboxylic acids is 2. The molecule has 0 aliphatic carbocycles. The summed E-state index contributed by atoms with van der Waals surface area (Å²) in [6, 6.07) is 9.57. The van der Waals surface area contributed by atoms with Gasteiger partial charge in [0.05, 0.1) is 5.92 Å². The van der Waals surface area contributed by atoms with Gasteiger partial charge in [0.1, 0.15) is 0 Å². The minimum Gasteiger partial charge on any atom is -0.363 e. The molecule has 0 saturated carbocycles. The van der Waals surface area contributed by atoms with Gasteiger partial charge in [0, 0.05) is 37.3 Å². The number of fused-ring (bicyclic) bond motifs is 2. The molecule has 0 aromatic heterocycles. The van der Waals surface area contributed by atoms with Gasteiger partial charge in [-0.25, -0.2) is 0 Å². The first-order chi connectivity index (χ1) is 10.7. The van der Waals surface area contributed by atoms with Crippen molar-refractivity contribution in [3.63, 3.8) is 0 Å². The predicted molar refractivity (Wildman–Crippen MR) is 91.0 cm³/mol. The lowest BCUT2D eigenvalue weighted by Gasteiger charge is -2.37. The van der Waals surface area contributed by atoms with E-state index in [1.807, 2.05) is 0 Å². The Bertz CT molecular complexity index is 588. The van der Waals surface area contributed by atoms with E-state index >= 15 is 0 Å². The predicted octanol–water partition coefficient (Wildman–Crippen LogP) is 1.57. The molecule has 3 aliphatic rings. The Kier molecular flexibility index (Phi) is 4.60. The molecular weight excluding hydrogens is 314 g/mol. The molecule has 3 saturated heterocycles. The third-order valence-corrected chi connectivity index (χ3v) is 5.21. The summed E-state index contributed by atoms with van der Waals surface area (Å²) >= 11 is 0. The normalized spacial score (nSPS) is 29.9. The molecule has 23 heavy (non-hydrogen) atoms. The monoisotopic (exact) mass is 335 g/mol. The number of piperazine rings is 1. The van der Waals surface area contributed by atoms with Gasteiger partial charge in [-0.2, -0.15) is 0 Å². The smallest absolute Gasteiger partial charge is 0.234 e. The number of amides is 2. The highest BCUT2D eigenvalue weighted by Gasteiger charge is 2.36. The molecule has 124 valence electrons. The van der Waals surface area contributed by atoms with Crippen molar-refractivity contribution in [1.82, 2.24) is 10.6 Å². The Balaban J connectivity index is 0.00000156. The highest BCUT2D eigenvalue weighted by molar-refractivity contribution is 6.00.